The molecule has 4 heterocycles. The second-order valence-corrected chi connectivity index (χ2v) is 9.86. The number of halogens is 2. The summed E-state index contributed by atoms with van der Waals surface area (Å²) in [6, 6.07) is 8.63. The molecule has 0 aliphatic rings. The average Bonchev–Trinajstić information content (AvgIpc) is 3.34. The van der Waals surface area contributed by atoms with Crippen LogP contribution in [-0.2, 0) is 13.1 Å². The minimum atomic E-state index is 0. The van der Waals surface area contributed by atoms with E-state index in [0.717, 1.165) is 29.9 Å². The molecule has 0 saturated heterocycles. The molecule has 4 aromatic rings. The SMILES string of the molecule is CN(C)c1cc[n+](CCCCCCCCCCCC[n+]2ccc(-n3cnc4cncnc43)cc2)cc1.[Br-].[Br-]. The summed E-state index contributed by atoms with van der Waals surface area (Å²) in [5, 5.41) is 0. The summed E-state index contributed by atoms with van der Waals surface area (Å²) >= 11 is 0. The van der Waals surface area contributed by atoms with Crippen molar-refractivity contribution >= 4 is 16.9 Å². The molecule has 0 radical (unpaired) electrons. The Morgan fingerprint density at radius 1 is 0.684 bits per heavy atom. The van der Waals surface area contributed by atoms with Gasteiger partial charge in [-0.3, -0.25) is 4.57 Å². The van der Waals surface area contributed by atoms with Gasteiger partial charge in [0.05, 0.1) is 11.9 Å². The molecule has 4 rings (SSSR count). The van der Waals surface area contributed by atoms with E-state index in [1.807, 2.05) is 10.9 Å². The molecule has 0 atom stereocenters. The van der Waals surface area contributed by atoms with Crippen LogP contribution in [0.3, 0.4) is 0 Å². The van der Waals surface area contributed by atoms with E-state index in [1.165, 1.54) is 69.9 Å². The average molecular weight is 648 g/mol. The highest BCUT2D eigenvalue weighted by molar-refractivity contribution is 5.71. The van der Waals surface area contributed by atoms with Crippen molar-refractivity contribution in [3.8, 4) is 5.69 Å². The van der Waals surface area contributed by atoms with Crippen LogP contribution in [-0.4, -0.2) is 33.6 Å². The predicted molar refractivity (Wildman–Crippen MR) is 144 cm³/mol. The Kier molecular flexibility index (Phi) is 14.4. The monoisotopic (exact) mass is 645 g/mol. The number of rotatable bonds is 15. The first-order valence-electron chi connectivity index (χ1n) is 13.5. The van der Waals surface area contributed by atoms with Crippen molar-refractivity contribution in [3.05, 3.63) is 67.9 Å². The van der Waals surface area contributed by atoms with Crippen molar-refractivity contribution in [1.82, 2.24) is 19.5 Å². The van der Waals surface area contributed by atoms with E-state index in [4.69, 9.17) is 0 Å². The van der Waals surface area contributed by atoms with Gasteiger partial charge in [-0.25, -0.2) is 24.1 Å². The van der Waals surface area contributed by atoms with Gasteiger partial charge in [0.15, 0.2) is 30.4 Å². The molecule has 0 unspecified atom stereocenters. The highest BCUT2D eigenvalue weighted by Crippen LogP contribution is 2.14. The molecule has 0 aliphatic heterocycles. The second kappa shape index (κ2) is 17.2. The molecule has 4 aromatic heterocycles. The second-order valence-electron chi connectivity index (χ2n) is 9.86. The van der Waals surface area contributed by atoms with Crippen LogP contribution < -0.4 is 48.0 Å². The van der Waals surface area contributed by atoms with Crippen molar-refractivity contribution < 1.29 is 43.1 Å². The summed E-state index contributed by atoms with van der Waals surface area (Å²) < 4.78 is 6.58. The summed E-state index contributed by atoms with van der Waals surface area (Å²) in [4.78, 5) is 14.9. The lowest BCUT2D eigenvalue weighted by atomic mass is 10.1. The fourth-order valence-electron chi connectivity index (χ4n) is 4.61. The molecular weight excluding hydrogens is 606 g/mol. The smallest absolute Gasteiger partial charge is 0.170 e. The molecule has 38 heavy (non-hydrogen) atoms. The molecule has 0 fully saturated rings. The molecule has 0 saturated carbocycles. The van der Waals surface area contributed by atoms with E-state index in [2.05, 4.69) is 92.1 Å². The number of pyridine rings is 2. The third-order valence-corrected chi connectivity index (χ3v) is 6.84. The van der Waals surface area contributed by atoms with Gasteiger partial charge in [-0.15, -0.1) is 0 Å². The van der Waals surface area contributed by atoms with Gasteiger partial charge in [0.25, 0.3) is 0 Å². The zero-order valence-electron chi connectivity index (χ0n) is 22.7. The predicted octanol–water partition coefficient (Wildman–Crippen LogP) is -0.934. The topological polar surface area (TPSA) is 54.6 Å². The van der Waals surface area contributed by atoms with Gasteiger partial charge in [-0.2, -0.15) is 0 Å². The summed E-state index contributed by atoms with van der Waals surface area (Å²) in [6.45, 7) is 2.20. The number of hydrogen-bond acceptors (Lipinski definition) is 4. The van der Waals surface area contributed by atoms with Crippen LogP contribution in [0.1, 0.15) is 64.2 Å². The molecule has 206 valence electrons. The Morgan fingerprint density at radius 3 is 1.71 bits per heavy atom. The molecule has 9 heteroatoms. The van der Waals surface area contributed by atoms with E-state index in [1.54, 1.807) is 12.5 Å². The Balaban J connectivity index is 0.00000253. The maximum absolute atomic E-state index is 4.37. The van der Waals surface area contributed by atoms with Crippen molar-refractivity contribution in [2.45, 2.75) is 77.3 Å². The lowest BCUT2D eigenvalue weighted by molar-refractivity contribution is -0.697. The van der Waals surface area contributed by atoms with Crippen LogP contribution in [0.4, 0.5) is 5.69 Å². The molecular formula is C29H41Br2N7. The Morgan fingerprint density at radius 2 is 1.18 bits per heavy atom. The first kappa shape index (κ1) is 31.8. The largest absolute Gasteiger partial charge is 1.00 e. The third-order valence-electron chi connectivity index (χ3n) is 6.84. The number of aryl methyl sites for hydroxylation is 2. The molecule has 0 spiro atoms. The van der Waals surface area contributed by atoms with Gasteiger partial charge in [0.2, 0.25) is 0 Å². The number of imidazole rings is 1. The Labute approximate surface area is 248 Å². The fraction of sp³-hybridized carbons (Fsp3) is 0.483. The number of fused-ring (bicyclic) bond motifs is 1. The van der Waals surface area contributed by atoms with Crippen molar-refractivity contribution in [2.24, 2.45) is 0 Å². The Bertz CT molecular complexity index is 1180. The van der Waals surface area contributed by atoms with Gasteiger partial charge in [-0.1, -0.05) is 38.5 Å². The zero-order chi connectivity index (χ0) is 25.0. The molecule has 0 aliphatic carbocycles. The van der Waals surface area contributed by atoms with Gasteiger partial charge in [0.1, 0.15) is 31.3 Å². The normalized spacial score (nSPS) is 10.7. The van der Waals surface area contributed by atoms with Crippen LogP contribution in [0.2, 0.25) is 0 Å². The summed E-state index contributed by atoms with van der Waals surface area (Å²) in [5.74, 6) is 0. The number of anilines is 1. The summed E-state index contributed by atoms with van der Waals surface area (Å²) in [6.07, 6.45) is 27.2. The molecule has 0 aromatic carbocycles. The first-order chi connectivity index (χ1) is 17.7. The molecule has 7 nitrogen and oxygen atoms in total. The number of hydrogen-bond donors (Lipinski definition) is 0. The van der Waals surface area contributed by atoms with Crippen molar-refractivity contribution in [3.63, 3.8) is 0 Å². The lowest BCUT2D eigenvalue weighted by Crippen LogP contribution is -3.00. The standard InChI is InChI=1S/C29H41N7.2BrH/c1-33(2)26-13-19-34(20-14-26)17-11-9-7-5-3-4-6-8-10-12-18-35-21-15-27(16-22-35)36-25-32-28-23-30-24-31-29(28)36;;/h13-16,19-25H,3-12,17-18H2,1-2H3;2*1H/q+2;;/p-2. The highest BCUT2D eigenvalue weighted by Gasteiger charge is 2.08. The van der Waals surface area contributed by atoms with Gasteiger partial charge >= 0.3 is 0 Å². The van der Waals surface area contributed by atoms with Gasteiger partial charge in [0, 0.05) is 56.9 Å². The maximum atomic E-state index is 4.37. The van der Waals surface area contributed by atoms with Crippen LogP contribution in [0.15, 0.2) is 67.9 Å². The van der Waals surface area contributed by atoms with Crippen LogP contribution in [0.25, 0.3) is 16.9 Å². The minimum Gasteiger partial charge on any atom is -1.00 e. The number of unbranched alkanes of at least 4 members (excludes halogenated alkanes) is 9. The lowest BCUT2D eigenvalue weighted by Gasteiger charge is -2.10. The zero-order valence-corrected chi connectivity index (χ0v) is 25.9. The van der Waals surface area contributed by atoms with Crippen molar-refractivity contribution in [2.75, 3.05) is 19.0 Å². The molecule has 0 bridgehead atoms. The van der Waals surface area contributed by atoms with E-state index < -0.39 is 0 Å². The van der Waals surface area contributed by atoms with Gasteiger partial charge < -0.3 is 38.9 Å². The number of nitrogens with zero attached hydrogens (tertiary/aromatic N) is 7. The third kappa shape index (κ3) is 9.73. The number of aromatic nitrogens is 6. The molecule has 0 amide bonds. The fourth-order valence-corrected chi connectivity index (χ4v) is 4.61. The maximum Gasteiger partial charge on any atom is 0.170 e. The van der Waals surface area contributed by atoms with Crippen LogP contribution in [0, 0.1) is 0 Å². The summed E-state index contributed by atoms with van der Waals surface area (Å²) in [5.41, 5.74) is 3.99. The minimum absolute atomic E-state index is 0. The molecule has 0 N–H and O–H groups in total. The quantitative estimate of drug-likeness (QED) is 0.124. The van der Waals surface area contributed by atoms with Gasteiger partial charge in [-0.05, 0) is 12.8 Å². The highest BCUT2D eigenvalue weighted by atomic mass is 79.9. The van der Waals surface area contributed by atoms with E-state index in [-0.39, 0.29) is 34.0 Å². The van der Waals surface area contributed by atoms with Crippen LogP contribution in [0.5, 0.6) is 0 Å². The van der Waals surface area contributed by atoms with E-state index >= 15 is 0 Å². The van der Waals surface area contributed by atoms with Crippen molar-refractivity contribution in [1.29, 1.82) is 0 Å². The van der Waals surface area contributed by atoms with E-state index in [9.17, 15) is 0 Å². The van der Waals surface area contributed by atoms with Crippen LogP contribution >= 0.6 is 0 Å². The summed E-state index contributed by atoms with van der Waals surface area (Å²) in [7, 11) is 4.17. The first-order valence-corrected chi connectivity index (χ1v) is 13.5. The van der Waals surface area contributed by atoms with E-state index in [0.29, 0.717) is 0 Å². The Hall–Kier alpha value is -2.39.